The van der Waals surface area contributed by atoms with Gasteiger partial charge in [0.15, 0.2) is 0 Å². The van der Waals surface area contributed by atoms with Crippen molar-refractivity contribution in [1.29, 1.82) is 0 Å². The van der Waals surface area contributed by atoms with Crippen molar-refractivity contribution in [2.75, 3.05) is 0 Å². The average molecular weight is 165 g/mol. The first-order chi connectivity index (χ1) is 2.89. The Kier molecular flexibility index (Phi) is 1.16. The molecule has 0 aliphatic heterocycles. The van der Waals surface area contributed by atoms with Crippen LogP contribution in [0, 0.1) is 0 Å². The van der Waals surface area contributed by atoms with Gasteiger partial charge in [0.2, 0.25) is 0 Å². The van der Waals surface area contributed by atoms with Crippen molar-refractivity contribution in [3.8, 4) is 0 Å². The highest BCUT2D eigenvalue weighted by Crippen LogP contribution is 2.03. The SMILES string of the molecule is Brc1csnn1. The van der Waals surface area contributed by atoms with Gasteiger partial charge in [0.05, 0.1) is 0 Å². The predicted octanol–water partition coefficient (Wildman–Crippen LogP) is 1.30. The molecule has 1 aromatic rings. The number of rotatable bonds is 0. The summed E-state index contributed by atoms with van der Waals surface area (Å²) in [4.78, 5) is 0. The van der Waals surface area contributed by atoms with Crippen molar-refractivity contribution in [2.45, 2.75) is 0 Å². The molecule has 0 bridgehead atoms. The van der Waals surface area contributed by atoms with E-state index in [1.165, 1.54) is 11.5 Å². The summed E-state index contributed by atoms with van der Waals surface area (Å²) in [7, 11) is 0. The molecule has 2 nitrogen and oxygen atoms in total. The van der Waals surface area contributed by atoms with Crippen LogP contribution in [0.15, 0.2) is 9.98 Å². The Morgan fingerprint density at radius 2 is 2.67 bits per heavy atom. The fraction of sp³-hybridized carbons (Fsp3) is 0. The largest absolute Gasteiger partial charge is 0.141 e. The predicted molar refractivity (Wildman–Crippen MR) is 27.6 cm³/mol. The molecular weight excluding hydrogens is 164 g/mol. The Hall–Kier alpha value is 0.0400. The molecule has 0 saturated carbocycles. The molecule has 0 amide bonds. The van der Waals surface area contributed by atoms with Crippen LogP contribution in [0.25, 0.3) is 0 Å². The Balaban J connectivity index is 3.05. The second kappa shape index (κ2) is 1.66. The third kappa shape index (κ3) is 0.753. The van der Waals surface area contributed by atoms with E-state index in [-0.39, 0.29) is 0 Å². The van der Waals surface area contributed by atoms with Crippen LogP contribution >= 0.6 is 27.5 Å². The van der Waals surface area contributed by atoms with Crippen LogP contribution in [0.4, 0.5) is 0 Å². The minimum Gasteiger partial charge on any atom is -0.131 e. The van der Waals surface area contributed by atoms with E-state index in [4.69, 9.17) is 0 Å². The molecule has 4 heteroatoms. The van der Waals surface area contributed by atoms with Gasteiger partial charge in [0.25, 0.3) is 0 Å². The van der Waals surface area contributed by atoms with Crippen molar-refractivity contribution in [3.63, 3.8) is 0 Å². The minimum atomic E-state index is 0.813. The molecule has 0 aliphatic carbocycles. The van der Waals surface area contributed by atoms with E-state index in [9.17, 15) is 0 Å². The van der Waals surface area contributed by atoms with Gasteiger partial charge in [-0.25, -0.2) is 0 Å². The van der Waals surface area contributed by atoms with E-state index in [1.807, 2.05) is 5.38 Å². The second-order valence-electron chi connectivity index (χ2n) is 0.728. The van der Waals surface area contributed by atoms with E-state index in [0.29, 0.717) is 0 Å². The van der Waals surface area contributed by atoms with Crippen LogP contribution in [0.5, 0.6) is 0 Å². The summed E-state index contributed by atoms with van der Waals surface area (Å²) in [5.74, 6) is 0. The quantitative estimate of drug-likeness (QED) is 0.578. The molecule has 1 heterocycles. The molecule has 0 aliphatic rings. The highest BCUT2D eigenvalue weighted by molar-refractivity contribution is 9.10. The standard InChI is InChI=1S/C2HBrN2S/c3-2-1-6-5-4-2/h1H. The van der Waals surface area contributed by atoms with Crippen LogP contribution in [-0.2, 0) is 0 Å². The number of hydrogen-bond acceptors (Lipinski definition) is 3. The summed E-state index contributed by atoms with van der Waals surface area (Å²) in [6, 6.07) is 0. The number of aromatic nitrogens is 2. The molecule has 1 rings (SSSR count). The van der Waals surface area contributed by atoms with Gasteiger partial charge in [-0.15, -0.1) is 5.10 Å². The van der Waals surface area contributed by atoms with Crippen LogP contribution in [0.2, 0.25) is 0 Å². The lowest BCUT2D eigenvalue weighted by Gasteiger charge is -1.58. The molecule has 32 valence electrons. The normalized spacial score (nSPS) is 8.83. The number of nitrogens with zero attached hydrogens (tertiary/aromatic N) is 2. The molecule has 6 heavy (non-hydrogen) atoms. The maximum absolute atomic E-state index is 3.60. The van der Waals surface area contributed by atoms with Gasteiger partial charge in [0, 0.05) is 5.38 Å². The van der Waals surface area contributed by atoms with Gasteiger partial charge in [-0.1, -0.05) is 4.49 Å². The monoisotopic (exact) mass is 164 g/mol. The Bertz CT molecular complexity index is 115. The number of halogens is 1. The zero-order valence-electron chi connectivity index (χ0n) is 2.76. The molecule has 0 aromatic carbocycles. The topological polar surface area (TPSA) is 25.8 Å². The summed E-state index contributed by atoms with van der Waals surface area (Å²) in [5.41, 5.74) is 0. The lowest BCUT2D eigenvalue weighted by molar-refractivity contribution is 1.13. The second-order valence-corrected chi connectivity index (χ2v) is 2.15. The van der Waals surface area contributed by atoms with E-state index in [0.717, 1.165) is 4.60 Å². The zero-order valence-corrected chi connectivity index (χ0v) is 5.16. The molecule has 0 radical (unpaired) electrons. The van der Waals surface area contributed by atoms with Gasteiger partial charge in [0.1, 0.15) is 4.60 Å². The molecular formula is C2HBrN2S. The lowest BCUT2D eigenvalue weighted by Crippen LogP contribution is -1.58. The Morgan fingerprint density at radius 3 is 2.83 bits per heavy atom. The summed E-state index contributed by atoms with van der Waals surface area (Å²) < 4.78 is 4.38. The third-order valence-corrected chi connectivity index (χ3v) is 1.53. The van der Waals surface area contributed by atoms with Crippen LogP contribution in [-0.4, -0.2) is 9.59 Å². The fourth-order valence-electron chi connectivity index (χ4n) is 0.153. The van der Waals surface area contributed by atoms with E-state index in [1.54, 1.807) is 0 Å². The van der Waals surface area contributed by atoms with Gasteiger partial charge >= 0.3 is 0 Å². The van der Waals surface area contributed by atoms with E-state index >= 15 is 0 Å². The first-order valence-corrected chi connectivity index (χ1v) is 2.95. The molecule has 0 fully saturated rings. The van der Waals surface area contributed by atoms with Crippen LogP contribution < -0.4 is 0 Å². The van der Waals surface area contributed by atoms with Crippen LogP contribution in [0.3, 0.4) is 0 Å². The highest BCUT2D eigenvalue weighted by atomic mass is 79.9. The van der Waals surface area contributed by atoms with Crippen molar-refractivity contribution in [1.82, 2.24) is 9.59 Å². The van der Waals surface area contributed by atoms with Crippen molar-refractivity contribution < 1.29 is 0 Å². The molecule has 0 atom stereocenters. The Labute approximate surface area is 47.5 Å². The lowest BCUT2D eigenvalue weighted by atomic mass is 11.0. The summed E-state index contributed by atoms with van der Waals surface area (Å²) in [6.07, 6.45) is 0. The maximum Gasteiger partial charge on any atom is 0.141 e. The summed E-state index contributed by atoms with van der Waals surface area (Å²) in [5, 5.41) is 5.42. The Morgan fingerprint density at radius 1 is 1.83 bits per heavy atom. The van der Waals surface area contributed by atoms with E-state index < -0.39 is 0 Å². The smallest absolute Gasteiger partial charge is 0.131 e. The van der Waals surface area contributed by atoms with Crippen molar-refractivity contribution >= 4 is 27.5 Å². The molecule has 0 N–H and O–H groups in total. The summed E-state index contributed by atoms with van der Waals surface area (Å²) in [6.45, 7) is 0. The minimum absolute atomic E-state index is 0.813. The first kappa shape index (κ1) is 4.21. The van der Waals surface area contributed by atoms with Gasteiger partial charge in [-0.2, -0.15) is 0 Å². The molecule has 0 unspecified atom stereocenters. The van der Waals surface area contributed by atoms with Crippen molar-refractivity contribution in [3.05, 3.63) is 9.98 Å². The molecule has 0 spiro atoms. The van der Waals surface area contributed by atoms with Gasteiger partial charge in [-0.05, 0) is 27.5 Å². The highest BCUT2D eigenvalue weighted by Gasteiger charge is 1.80. The third-order valence-electron chi connectivity index (χ3n) is 0.333. The van der Waals surface area contributed by atoms with Crippen LogP contribution in [0.1, 0.15) is 0 Å². The first-order valence-electron chi connectivity index (χ1n) is 1.32. The number of hydrogen-bond donors (Lipinski definition) is 0. The fourth-order valence-corrected chi connectivity index (χ4v) is 0.905. The zero-order chi connectivity index (χ0) is 4.41. The van der Waals surface area contributed by atoms with Gasteiger partial charge in [-0.3, -0.25) is 0 Å². The molecule has 1 aromatic heterocycles. The van der Waals surface area contributed by atoms with Gasteiger partial charge < -0.3 is 0 Å². The van der Waals surface area contributed by atoms with Crippen molar-refractivity contribution in [2.24, 2.45) is 0 Å². The maximum atomic E-state index is 3.60. The molecule has 0 saturated heterocycles. The van der Waals surface area contributed by atoms with E-state index in [2.05, 4.69) is 25.5 Å². The summed E-state index contributed by atoms with van der Waals surface area (Å²) >= 11 is 4.45. The average Bonchev–Trinajstić information content (AvgIpc) is 1.86.